The van der Waals surface area contributed by atoms with Crippen LogP contribution in [0, 0.1) is 5.92 Å². The maximum Gasteiger partial charge on any atom is 0.150 e. The van der Waals surface area contributed by atoms with Crippen molar-refractivity contribution in [1.82, 2.24) is 0 Å². The summed E-state index contributed by atoms with van der Waals surface area (Å²) < 4.78 is 0. The SMILES string of the molecule is C[C@H]1Cc2ccc(C=O)cc2[C@@H]1c1ccccc1. The van der Waals surface area contributed by atoms with Gasteiger partial charge in [-0.15, -0.1) is 0 Å². The van der Waals surface area contributed by atoms with E-state index in [4.69, 9.17) is 0 Å². The van der Waals surface area contributed by atoms with E-state index in [0.29, 0.717) is 11.8 Å². The fourth-order valence-electron chi connectivity index (χ4n) is 3.10. The van der Waals surface area contributed by atoms with Gasteiger partial charge in [0.15, 0.2) is 0 Å². The van der Waals surface area contributed by atoms with Crippen LogP contribution in [0.1, 0.15) is 39.9 Å². The number of hydrogen-bond acceptors (Lipinski definition) is 1. The average Bonchev–Trinajstić information content (AvgIpc) is 2.74. The molecule has 0 aliphatic heterocycles. The standard InChI is InChI=1S/C17H16O/c1-12-9-15-8-7-13(11-18)10-16(15)17(12)14-5-3-2-4-6-14/h2-8,10-12,17H,9H2,1H3/t12-,17-/m0/s1. The molecule has 1 aliphatic carbocycles. The van der Waals surface area contributed by atoms with E-state index >= 15 is 0 Å². The van der Waals surface area contributed by atoms with Gasteiger partial charge in [-0.3, -0.25) is 4.79 Å². The van der Waals surface area contributed by atoms with Gasteiger partial charge in [0.05, 0.1) is 0 Å². The van der Waals surface area contributed by atoms with Gasteiger partial charge in [-0.1, -0.05) is 49.4 Å². The topological polar surface area (TPSA) is 17.1 Å². The molecule has 0 spiro atoms. The van der Waals surface area contributed by atoms with E-state index in [1.807, 2.05) is 12.1 Å². The summed E-state index contributed by atoms with van der Waals surface area (Å²) in [6.07, 6.45) is 2.04. The number of fused-ring (bicyclic) bond motifs is 1. The van der Waals surface area contributed by atoms with Crippen molar-refractivity contribution < 1.29 is 4.79 Å². The predicted molar refractivity (Wildman–Crippen MR) is 73.0 cm³/mol. The van der Waals surface area contributed by atoms with E-state index in [1.165, 1.54) is 16.7 Å². The number of rotatable bonds is 2. The summed E-state index contributed by atoms with van der Waals surface area (Å²) in [6.45, 7) is 2.29. The summed E-state index contributed by atoms with van der Waals surface area (Å²) in [5.74, 6) is 1.03. The number of carbonyl (C=O) groups excluding carboxylic acids is 1. The Morgan fingerprint density at radius 2 is 1.89 bits per heavy atom. The maximum atomic E-state index is 10.9. The Morgan fingerprint density at radius 1 is 1.11 bits per heavy atom. The molecule has 0 saturated heterocycles. The molecule has 0 unspecified atom stereocenters. The van der Waals surface area contributed by atoms with E-state index in [1.54, 1.807) is 0 Å². The number of benzene rings is 2. The molecule has 0 saturated carbocycles. The molecule has 90 valence electrons. The van der Waals surface area contributed by atoms with Crippen LogP contribution in [0.25, 0.3) is 0 Å². The monoisotopic (exact) mass is 236 g/mol. The van der Waals surface area contributed by atoms with Gasteiger partial charge in [0.25, 0.3) is 0 Å². The van der Waals surface area contributed by atoms with Gasteiger partial charge in [0.2, 0.25) is 0 Å². The van der Waals surface area contributed by atoms with Gasteiger partial charge in [-0.25, -0.2) is 0 Å². The second-order valence-electron chi connectivity index (χ2n) is 5.15. The summed E-state index contributed by atoms with van der Waals surface area (Å²) in [6, 6.07) is 16.7. The van der Waals surface area contributed by atoms with Gasteiger partial charge in [-0.05, 0) is 35.1 Å². The van der Waals surface area contributed by atoms with Crippen molar-refractivity contribution in [1.29, 1.82) is 0 Å². The minimum atomic E-state index is 0.432. The fourth-order valence-corrected chi connectivity index (χ4v) is 3.10. The molecular weight excluding hydrogens is 220 g/mol. The van der Waals surface area contributed by atoms with Crippen molar-refractivity contribution in [3.05, 3.63) is 70.8 Å². The molecule has 3 rings (SSSR count). The molecule has 1 nitrogen and oxygen atoms in total. The van der Waals surface area contributed by atoms with E-state index in [0.717, 1.165) is 18.3 Å². The Hall–Kier alpha value is -1.89. The molecule has 18 heavy (non-hydrogen) atoms. The van der Waals surface area contributed by atoms with Crippen LogP contribution in [-0.4, -0.2) is 6.29 Å². The minimum Gasteiger partial charge on any atom is -0.298 e. The largest absolute Gasteiger partial charge is 0.298 e. The quantitative estimate of drug-likeness (QED) is 0.724. The van der Waals surface area contributed by atoms with Crippen LogP contribution in [0.3, 0.4) is 0 Å². The maximum absolute atomic E-state index is 10.9. The zero-order valence-corrected chi connectivity index (χ0v) is 10.5. The van der Waals surface area contributed by atoms with Crippen molar-refractivity contribution >= 4 is 6.29 Å². The van der Waals surface area contributed by atoms with Gasteiger partial charge in [0.1, 0.15) is 6.29 Å². The summed E-state index contributed by atoms with van der Waals surface area (Å²) in [5, 5.41) is 0. The van der Waals surface area contributed by atoms with Crippen molar-refractivity contribution in [3.63, 3.8) is 0 Å². The van der Waals surface area contributed by atoms with Crippen LogP contribution >= 0.6 is 0 Å². The lowest BCUT2D eigenvalue weighted by Crippen LogP contribution is -2.05. The van der Waals surface area contributed by atoms with Crippen LogP contribution in [0.4, 0.5) is 0 Å². The average molecular weight is 236 g/mol. The van der Waals surface area contributed by atoms with Crippen LogP contribution in [-0.2, 0) is 6.42 Å². The third kappa shape index (κ3) is 1.76. The number of carbonyl (C=O) groups is 1. The van der Waals surface area contributed by atoms with Gasteiger partial charge in [-0.2, -0.15) is 0 Å². The molecule has 0 bridgehead atoms. The van der Waals surface area contributed by atoms with Crippen LogP contribution < -0.4 is 0 Å². The molecule has 2 atom stereocenters. The highest BCUT2D eigenvalue weighted by Gasteiger charge is 2.30. The van der Waals surface area contributed by atoms with Crippen molar-refractivity contribution in [2.75, 3.05) is 0 Å². The Labute approximate surface area is 107 Å². The second-order valence-corrected chi connectivity index (χ2v) is 5.15. The second kappa shape index (κ2) is 4.41. The van der Waals surface area contributed by atoms with E-state index in [2.05, 4.69) is 43.3 Å². The molecule has 1 heteroatoms. The zero-order valence-electron chi connectivity index (χ0n) is 10.5. The van der Waals surface area contributed by atoms with Gasteiger partial charge < -0.3 is 0 Å². The van der Waals surface area contributed by atoms with Crippen molar-refractivity contribution in [2.45, 2.75) is 19.3 Å². The van der Waals surface area contributed by atoms with E-state index in [9.17, 15) is 4.79 Å². The smallest absolute Gasteiger partial charge is 0.150 e. The third-order valence-electron chi connectivity index (χ3n) is 3.91. The Kier molecular flexibility index (Phi) is 2.75. The molecule has 2 aromatic carbocycles. The first-order chi connectivity index (χ1) is 8.79. The van der Waals surface area contributed by atoms with Crippen LogP contribution in [0.15, 0.2) is 48.5 Å². The molecule has 0 fully saturated rings. The first kappa shape index (κ1) is 11.2. The number of hydrogen-bond donors (Lipinski definition) is 0. The minimum absolute atomic E-state index is 0.432. The van der Waals surface area contributed by atoms with Crippen LogP contribution in [0.2, 0.25) is 0 Å². The fraction of sp³-hybridized carbons (Fsp3) is 0.235. The molecule has 0 amide bonds. The lowest BCUT2D eigenvalue weighted by molar-refractivity contribution is 0.112. The van der Waals surface area contributed by atoms with Crippen molar-refractivity contribution in [3.8, 4) is 0 Å². The highest BCUT2D eigenvalue weighted by atomic mass is 16.1. The molecule has 0 radical (unpaired) electrons. The Balaban J connectivity index is 2.10. The van der Waals surface area contributed by atoms with Gasteiger partial charge in [0, 0.05) is 11.5 Å². The molecular formula is C17H16O. The van der Waals surface area contributed by atoms with Gasteiger partial charge >= 0.3 is 0 Å². The lowest BCUT2D eigenvalue weighted by Gasteiger charge is -2.17. The van der Waals surface area contributed by atoms with E-state index in [-0.39, 0.29) is 0 Å². The first-order valence-electron chi connectivity index (χ1n) is 6.42. The zero-order chi connectivity index (χ0) is 12.5. The molecule has 0 aromatic heterocycles. The first-order valence-corrected chi connectivity index (χ1v) is 6.42. The summed E-state index contributed by atoms with van der Waals surface area (Å²) in [4.78, 5) is 10.9. The summed E-state index contributed by atoms with van der Waals surface area (Å²) in [5.41, 5.74) is 4.86. The molecule has 0 N–H and O–H groups in total. The summed E-state index contributed by atoms with van der Waals surface area (Å²) in [7, 11) is 0. The highest BCUT2D eigenvalue weighted by Crippen LogP contribution is 2.42. The highest BCUT2D eigenvalue weighted by molar-refractivity contribution is 5.75. The van der Waals surface area contributed by atoms with E-state index < -0.39 is 0 Å². The molecule has 2 aromatic rings. The normalized spacial score (nSPS) is 21.6. The lowest BCUT2D eigenvalue weighted by atomic mass is 9.87. The van der Waals surface area contributed by atoms with Crippen molar-refractivity contribution in [2.24, 2.45) is 5.92 Å². The third-order valence-corrected chi connectivity index (χ3v) is 3.91. The predicted octanol–water partition coefficient (Wildman–Crippen LogP) is 3.82. The summed E-state index contributed by atoms with van der Waals surface area (Å²) >= 11 is 0. The Bertz CT molecular complexity index is 571. The molecule has 0 heterocycles. The number of aldehydes is 1. The van der Waals surface area contributed by atoms with Crippen LogP contribution in [0.5, 0.6) is 0 Å². The molecule has 1 aliphatic rings. The Morgan fingerprint density at radius 3 is 2.61 bits per heavy atom.